The Balaban J connectivity index is 1.48. The van der Waals surface area contributed by atoms with Gasteiger partial charge in [0.15, 0.2) is 0 Å². The molecule has 1 N–H and O–H groups in total. The van der Waals surface area contributed by atoms with Gasteiger partial charge in [-0.05, 0) is 60.4 Å². The minimum Gasteiger partial charge on any atom is -0.352 e. The lowest BCUT2D eigenvalue weighted by molar-refractivity contribution is -0.116. The first kappa shape index (κ1) is 21.5. The molecule has 3 aromatic rings. The fraction of sp³-hybridized carbons (Fsp3) is 0.200. The van der Waals surface area contributed by atoms with Crippen LogP contribution in [0, 0.1) is 6.92 Å². The highest BCUT2D eigenvalue weighted by atomic mass is 35.5. The predicted molar refractivity (Wildman–Crippen MR) is 127 cm³/mol. The van der Waals surface area contributed by atoms with Gasteiger partial charge in [-0.1, -0.05) is 48.0 Å². The number of thioether (sulfide) groups is 1. The third kappa shape index (κ3) is 5.12. The second-order valence-corrected chi connectivity index (χ2v) is 8.96. The molecule has 0 fully saturated rings. The molecule has 1 heterocycles. The largest absolute Gasteiger partial charge is 0.352 e. The molecule has 0 unspecified atom stereocenters. The third-order valence-electron chi connectivity index (χ3n) is 5.37. The number of carbonyl (C=O) groups excluding carboxylic acids is 2. The average molecular weight is 451 g/mol. The molecule has 0 aliphatic carbocycles. The Kier molecular flexibility index (Phi) is 6.64. The van der Waals surface area contributed by atoms with Crippen LogP contribution in [-0.4, -0.2) is 24.1 Å². The number of amides is 2. The van der Waals surface area contributed by atoms with Crippen molar-refractivity contribution in [2.24, 2.45) is 0 Å². The van der Waals surface area contributed by atoms with E-state index in [1.54, 1.807) is 4.90 Å². The SMILES string of the molecule is Cc1ccccc1CN1C(=O)CSc2ccc(C(=O)NCCc3ccc(Cl)cc3)cc21. The van der Waals surface area contributed by atoms with Gasteiger partial charge in [-0.25, -0.2) is 0 Å². The van der Waals surface area contributed by atoms with Crippen LogP contribution in [0.2, 0.25) is 5.02 Å². The van der Waals surface area contributed by atoms with Crippen LogP contribution in [0.15, 0.2) is 71.6 Å². The summed E-state index contributed by atoms with van der Waals surface area (Å²) >= 11 is 7.43. The van der Waals surface area contributed by atoms with E-state index in [4.69, 9.17) is 11.6 Å². The smallest absolute Gasteiger partial charge is 0.251 e. The number of aryl methyl sites for hydroxylation is 1. The number of nitrogens with zero attached hydrogens (tertiary/aromatic N) is 1. The number of fused-ring (bicyclic) bond motifs is 1. The van der Waals surface area contributed by atoms with Gasteiger partial charge in [0.1, 0.15) is 0 Å². The van der Waals surface area contributed by atoms with E-state index < -0.39 is 0 Å². The van der Waals surface area contributed by atoms with E-state index in [2.05, 4.69) is 5.32 Å². The standard InChI is InChI=1S/C25H23ClN2O2S/c1-17-4-2-3-5-20(17)15-28-22-14-19(8-11-23(22)31-16-24(28)29)25(30)27-13-12-18-6-9-21(26)10-7-18/h2-11,14H,12-13,15-16H2,1H3,(H,27,30). The lowest BCUT2D eigenvalue weighted by Gasteiger charge is -2.30. The fourth-order valence-corrected chi connectivity index (χ4v) is 4.59. The van der Waals surface area contributed by atoms with Crippen LogP contribution in [0.25, 0.3) is 0 Å². The highest BCUT2D eigenvalue weighted by molar-refractivity contribution is 8.00. The van der Waals surface area contributed by atoms with Gasteiger partial charge in [-0.2, -0.15) is 0 Å². The van der Waals surface area contributed by atoms with E-state index in [-0.39, 0.29) is 11.8 Å². The summed E-state index contributed by atoms with van der Waals surface area (Å²) < 4.78 is 0. The van der Waals surface area contributed by atoms with E-state index in [0.29, 0.717) is 29.4 Å². The van der Waals surface area contributed by atoms with Crippen molar-refractivity contribution in [1.29, 1.82) is 0 Å². The summed E-state index contributed by atoms with van der Waals surface area (Å²) in [5.41, 5.74) is 4.72. The van der Waals surface area contributed by atoms with Gasteiger partial charge in [0.05, 0.1) is 18.0 Å². The van der Waals surface area contributed by atoms with Crippen molar-refractivity contribution in [2.45, 2.75) is 24.8 Å². The zero-order valence-electron chi connectivity index (χ0n) is 17.2. The second-order valence-electron chi connectivity index (χ2n) is 7.51. The van der Waals surface area contributed by atoms with Gasteiger partial charge in [0.25, 0.3) is 5.91 Å². The number of hydrogen-bond acceptors (Lipinski definition) is 3. The van der Waals surface area contributed by atoms with E-state index in [9.17, 15) is 9.59 Å². The van der Waals surface area contributed by atoms with Crippen molar-refractivity contribution in [2.75, 3.05) is 17.2 Å². The summed E-state index contributed by atoms with van der Waals surface area (Å²) in [6, 6.07) is 21.3. The molecule has 0 saturated carbocycles. The number of anilines is 1. The van der Waals surface area contributed by atoms with Crippen molar-refractivity contribution in [3.63, 3.8) is 0 Å². The quantitative estimate of drug-likeness (QED) is 0.557. The van der Waals surface area contributed by atoms with Crippen LogP contribution >= 0.6 is 23.4 Å². The average Bonchev–Trinajstić information content (AvgIpc) is 2.78. The summed E-state index contributed by atoms with van der Waals surface area (Å²) in [5, 5.41) is 3.67. The second kappa shape index (κ2) is 9.58. The van der Waals surface area contributed by atoms with Crippen LogP contribution in [0.5, 0.6) is 0 Å². The van der Waals surface area contributed by atoms with Crippen LogP contribution in [0.4, 0.5) is 5.69 Å². The van der Waals surface area contributed by atoms with Gasteiger partial charge in [-0.15, -0.1) is 11.8 Å². The molecule has 4 nitrogen and oxygen atoms in total. The summed E-state index contributed by atoms with van der Waals surface area (Å²) in [6.45, 7) is 3.07. The van der Waals surface area contributed by atoms with Crippen molar-refractivity contribution in [3.8, 4) is 0 Å². The fourth-order valence-electron chi connectivity index (χ4n) is 3.55. The molecule has 158 valence electrons. The van der Waals surface area contributed by atoms with Gasteiger partial charge < -0.3 is 10.2 Å². The number of rotatable bonds is 6. The molecule has 6 heteroatoms. The number of benzene rings is 3. The Bertz CT molecular complexity index is 1110. The molecule has 0 radical (unpaired) electrons. The lowest BCUT2D eigenvalue weighted by Crippen LogP contribution is -2.35. The zero-order valence-corrected chi connectivity index (χ0v) is 18.8. The van der Waals surface area contributed by atoms with Gasteiger partial charge >= 0.3 is 0 Å². The van der Waals surface area contributed by atoms with Crippen molar-refractivity contribution in [3.05, 3.63) is 94.0 Å². The van der Waals surface area contributed by atoms with Crippen LogP contribution in [0.3, 0.4) is 0 Å². The highest BCUT2D eigenvalue weighted by Crippen LogP contribution is 2.37. The van der Waals surface area contributed by atoms with E-state index in [1.807, 2.05) is 73.7 Å². The maximum Gasteiger partial charge on any atom is 0.251 e. The predicted octanol–water partition coefficient (Wildman–Crippen LogP) is 5.26. The zero-order chi connectivity index (χ0) is 21.8. The number of halogens is 1. The Hall–Kier alpha value is -2.76. The molecule has 0 aromatic heterocycles. The Morgan fingerprint density at radius 3 is 2.65 bits per heavy atom. The monoisotopic (exact) mass is 450 g/mol. The minimum absolute atomic E-state index is 0.0565. The third-order valence-corrected chi connectivity index (χ3v) is 6.67. The van der Waals surface area contributed by atoms with Crippen LogP contribution in [-0.2, 0) is 17.8 Å². The Morgan fingerprint density at radius 1 is 1.10 bits per heavy atom. The molecule has 0 bridgehead atoms. The Morgan fingerprint density at radius 2 is 1.87 bits per heavy atom. The molecule has 4 rings (SSSR count). The number of nitrogens with one attached hydrogen (secondary N) is 1. The first-order valence-electron chi connectivity index (χ1n) is 10.2. The first-order valence-corrected chi connectivity index (χ1v) is 11.5. The topological polar surface area (TPSA) is 49.4 Å². The van der Waals surface area contributed by atoms with E-state index >= 15 is 0 Å². The molecule has 2 amide bonds. The molecule has 1 aliphatic rings. The molecule has 0 spiro atoms. The molecular formula is C25H23ClN2O2S. The molecule has 0 saturated heterocycles. The molecule has 0 atom stereocenters. The lowest BCUT2D eigenvalue weighted by atomic mass is 10.1. The molecule has 31 heavy (non-hydrogen) atoms. The maximum atomic E-state index is 12.7. The minimum atomic E-state index is -0.143. The normalized spacial score (nSPS) is 13.1. The Labute approximate surface area is 191 Å². The summed E-state index contributed by atoms with van der Waals surface area (Å²) in [4.78, 5) is 28.2. The first-order chi connectivity index (χ1) is 15.0. The van der Waals surface area contributed by atoms with Gasteiger partial charge in [-0.3, -0.25) is 9.59 Å². The number of hydrogen-bond donors (Lipinski definition) is 1. The van der Waals surface area contributed by atoms with E-state index in [1.165, 1.54) is 11.8 Å². The maximum absolute atomic E-state index is 12.7. The summed E-state index contributed by atoms with van der Waals surface area (Å²) in [5.74, 6) is 0.322. The summed E-state index contributed by atoms with van der Waals surface area (Å²) in [6.07, 6.45) is 0.724. The summed E-state index contributed by atoms with van der Waals surface area (Å²) in [7, 11) is 0. The molecule has 3 aromatic carbocycles. The van der Waals surface area contributed by atoms with Gasteiger partial charge in [0.2, 0.25) is 5.91 Å². The molecule has 1 aliphatic heterocycles. The van der Waals surface area contributed by atoms with Crippen molar-refractivity contribution >= 4 is 40.9 Å². The van der Waals surface area contributed by atoms with Crippen LogP contribution in [0.1, 0.15) is 27.0 Å². The molecular weight excluding hydrogens is 428 g/mol. The van der Waals surface area contributed by atoms with Crippen molar-refractivity contribution in [1.82, 2.24) is 5.32 Å². The van der Waals surface area contributed by atoms with E-state index in [0.717, 1.165) is 33.7 Å². The number of carbonyl (C=O) groups is 2. The highest BCUT2D eigenvalue weighted by Gasteiger charge is 2.26. The van der Waals surface area contributed by atoms with Gasteiger partial charge in [0, 0.05) is 22.0 Å². The van der Waals surface area contributed by atoms with Crippen LogP contribution < -0.4 is 10.2 Å². The van der Waals surface area contributed by atoms with Crippen molar-refractivity contribution < 1.29 is 9.59 Å².